The Balaban J connectivity index is 2.21. The third-order valence-corrected chi connectivity index (χ3v) is 2.41. The van der Waals surface area contributed by atoms with Crippen molar-refractivity contribution in [1.82, 2.24) is 0 Å². The van der Waals surface area contributed by atoms with Crippen molar-refractivity contribution in [2.75, 3.05) is 25.6 Å². The minimum absolute atomic E-state index is 0.495. The highest BCUT2D eigenvalue weighted by molar-refractivity contribution is 6.31. The molecule has 0 atom stereocenters. The summed E-state index contributed by atoms with van der Waals surface area (Å²) in [5.74, 6) is 0. The maximum atomic E-state index is 6.00. The molecule has 0 radical (unpaired) electrons. The molecule has 1 aromatic rings. The summed E-state index contributed by atoms with van der Waals surface area (Å²) in [6.45, 7) is 4.57. The van der Waals surface area contributed by atoms with Crippen molar-refractivity contribution in [2.24, 2.45) is 0 Å². The van der Waals surface area contributed by atoms with Crippen LogP contribution in [0.1, 0.15) is 18.9 Å². The van der Waals surface area contributed by atoms with Gasteiger partial charge in [-0.1, -0.05) is 24.6 Å². The predicted molar refractivity (Wildman–Crippen MR) is 66.6 cm³/mol. The molecule has 0 aliphatic carbocycles. The Hall–Kier alpha value is -0.770. The van der Waals surface area contributed by atoms with E-state index >= 15 is 0 Å². The number of hydrogen-bond donors (Lipinski definition) is 1. The van der Waals surface area contributed by atoms with Crippen molar-refractivity contribution in [3.8, 4) is 0 Å². The molecule has 2 N–H and O–H groups in total. The zero-order valence-corrected chi connectivity index (χ0v) is 10.3. The molecule has 1 aromatic carbocycles. The first-order chi connectivity index (χ1) is 7.74. The lowest BCUT2D eigenvalue weighted by molar-refractivity contribution is 0.0409. The van der Waals surface area contributed by atoms with Gasteiger partial charge in [-0.2, -0.15) is 0 Å². The van der Waals surface area contributed by atoms with Crippen LogP contribution in [0.4, 0.5) is 5.69 Å². The second kappa shape index (κ2) is 7.49. The van der Waals surface area contributed by atoms with Crippen molar-refractivity contribution in [2.45, 2.75) is 20.0 Å². The van der Waals surface area contributed by atoms with Crippen LogP contribution in [0.25, 0.3) is 0 Å². The Morgan fingerprint density at radius 3 is 2.62 bits per heavy atom. The van der Waals surface area contributed by atoms with Crippen LogP contribution in [0.5, 0.6) is 0 Å². The van der Waals surface area contributed by atoms with Gasteiger partial charge >= 0.3 is 0 Å². The van der Waals surface area contributed by atoms with E-state index in [1.165, 1.54) is 0 Å². The van der Waals surface area contributed by atoms with E-state index in [4.69, 9.17) is 26.8 Å². The Labute approximate surface area is 101 Å². The van der Waals surface area contributed by atoms with Crippen LogP contribution in [-0.4, -0.2) is 19.8 Å². The van der Waals surface area contributed by atoms with Crippen molar-refractivity contribution in [1.29, 1.82) is 0 Å². The van der Waals surface area contributed by atoms with E-state index in [9.17, 15) is 0 Å². The number of nitrogens with two attached hydrogens (primary N) is 1. The minimum atomic E-state index is 0.495. The molecule has 0 aliphatic heterocycles. The van der Waals surface area contributed by atoms with E-state index in [1.54, 1.807) is 6.07 Å². The molecule has 4 heteroatoms. The van der Waals surface area contributed by atoms with Crippen LogP contribution < -0.4 is 5.73 Å². The van der Waals surface area contributed by atoms with Crippen LogP contribution in [0.2, 0.25) is 5.02 Å². The van der Waals surface area contributed by atoms with Gasteiger partial charge in [-0.15, -0.1) is 0 Å². The molecule has 0 saturated heterocycles. The van der Waals surface area contributed by atoms with Gasteiger partial charge in [0.1, 0.15) is 0 Å². The van der Waals surface area contributed by atoms with Crippen LogP contribution in [0, 0.1) is 0 Å². The van der Waals surface area contributed by atoms with E-state index in [-0.39, 0.29) is 0 Å². The number of ether oxygens (including phenoxy) is 2. The van der Waals surface area contributed by atoms with Gasteiger partial charge in [0.2, 0.25) is 0 Å². The number of halogens is 1. The number of rotatable bonds is 7. The van der Waals surface area contributed by atoms with Crippen molar-refractivity contribution >= 4 is 17.3 Å². The summed E-state index contributed by atoms with van der Waals surface area (Å²) in [7, 11) is 0. The highest BCUT2D eigenvalue weighted by atomic mass is 35.5. The van der Waals surface area contributed by atoms with E-state index in [2.05, 4.69) is 6.92 Å². The molecule has 0 spiro atoms. The molecular weight excluding hydrogens is 226 g/mol. The van der Waals surface area contributed by atoms with Gasteiger partial charge in [0, 0.05) is 17.3 Å². The molecule has 0 fully saturated rings. The first kappa shape index (κ1) is 13.3. The number of anilines is 1. The first-order valence-corrected chi connectivity index (χ1v) is 5.81. The van der Waals surface area contributed by atoms with Gasteiger partial charge < -0.3 is 15.2 Å². The molecule has 0 unspecified atom stereocenters. The van der Waals surface area contributed by atoms with Crippen LogP contribution in [0.15, 0.2) is 18.2 Å². The van der Waals surface area contributed by atoms with Gasteiger partial charge in [-0.3, -0.25) is 0 Å². The molecule has 90 valence electrons. The van der Waals surface area contributed by atoms with Crippen LogP contribution >= 0.6 is 11.6 Å². The van der Waals surface area contributed by atoms with Crippen molar-refractivity contribution < 1.29 is 9.47 Å². The van der Waals surface area contributed by atoms with Gasteiger partial charge in [0.25, 0.3) is 0 Å². The average Bonchev–Trinajstić information content (AvgIpc) is 2.26. The third kappa shape index (κ3) is 4.84. The SMILES string of the molecule is CCCOCCOCc1ccc(N)cc1Cl. The molecule has 0 amide bonds. The summed E-state index contributed by atoms with van der Waals surface area (Å²) in [5, 5.41) is 0.648. The second-order valence-corrected chi connectivity index (χ2v) is 3.92. The average molecular weight is 244 g/mol. The predicted octanol–water partition coefficient (Wildman–Crippen LogP) is 2.87. The standard InChI is InChI=1S/C12H18ClNO2/c1-2-5-15-6-7-16-9-10-3-4-11(14)8-12(10)13/h3-4,8H,2,5-7,9,14H2,1H3. The molecule has 0 saturated carbocycles. The minimum Gasteiger partial charge on any atom is -0.399 e. The highest BCUT2D eigenvalue weighted by Crippen LogP contribution is 2.19. The number of nitrogen functional groups attached to an aromatic ring is 1. The van der Waals surface area contributed by atoms with Gasteiger partial charge in [0.15, 0.2) is 0 Å². The summed E-state index contributed by atoms with van der Waals surface area (Å²) in [6, 6.07) is 5.43. The maximum Gasteiger partial charge on any atom is 0.0732 e. The van der Waals surface area contributed by atoms with E-state index in [1.807, 2.05) is 12.1 Å². The van der Waals surface area contributed by atoms with Gasteiger partial charge in [-0.25, -0.2) is 0 Å². The fraction of sp³-hybridized carbons (Fsp3) is 0.500. The summed E-state index contributed by atoms with van der Waals surface area (Å²) in [5.41, 5.74) is 7.21. The molecule has 3 nitrogen and oxygen atoms in total. The topological polar surface area (TPSA) is 44.5 Å². The van der Waals surface area contributed by atoms with E-state index in [0.717, 1.165) is 18.6 Å². The lowest BCUT2D eigenvalue weighted by Crippen LogP contribution is -2.05. The maximum absolute atomic E-state index is 6.00. The van der Waals surface area contributed by atoms with Crippen molar-refractivity contribution in [3.05, 3.63) is 28.8 Å². The van der Waals surface area contributed by atoms with Gasteiger partial charge in [0.05, 0.1) is 19.8 Å². The summed E-state index contributed by atoms with van der Waals surface area (Å²) in [6.07, 6.45) is 1.03. The largest absolute Gasteiger partial charge is 0.399 e. The zero-order valence-electron chi connectivity index (χ0n) is 9.54. The normalized spacial score (nSPS) is 10.6. The quantitative estimate of drug-likeness (QED) is 0.592. The summed E-state index contributed by atoms with van der Waals surface area (Å²) >= 11 is 6.00. The molecule has 1 rings (SSSR count). The van der Waals surface area contributed by atoms with Crippen molar-refractivity contribution in [3.63, 3.8) is 0 Å². The fourth-order valence-electron chi connectivity index (χ4n) is 1.23. The Morgan fingerprint density at radius 2 is 1.94 bits per heavy atom. The van der Waals surface area contributed by atoms with Gasteiger partial charge in [-0.05, 0) is 24.1 Å². The molecule has 16 heavy (non-hydrogen) atoms. The first-order valence-electron chi connectivity index (χ1n) is 5.43. The lowest BCUT2D eigenvalue weighted by atomic mass is 10.2. The van der Waals surface area contributed by atoms with Crippen LogP contribution in [-0.2, 0) is 16.1 Å². The summed E-state index contributed by atoms with van der Waals surface area (Å²) < 4.78 is 10.7. The Kier molecular flexibility index (Phi) is 6.23. The molecular formula is C12H18ClNO2. The molecule has 0 aromatic heterocycles. The van der Waals surface area contributed by atoms with E-state index < -0.39 is 0 Å². The zero-order chi connectivity index (χ0) is 11.8. The fourth-order valence-corrected chi connectivity index (χ4v) is 1.47. The lowest BCUT2D eigenvalue weighted by Gasteiger charge is -2.07. The van der Waals surface area contributed by atoms with Crippen LogP contribution in [0.3, 0.4) is 0 Å². The second-order valence-electron chi connectivity index (χ2n) is 3.52. The highest BCUT2D eigenvalue weighted by Gasteiger charge is 2.00. The monoisotopic (exact) mass is 243 g/mol. The smallest absolute Gasteiger partial charge is 0.0732 e. The molecule has 0 aliphatic rings. The molecule has 0 bridgehead atoms. The molecule has 0 heterocycles. The Morgan fingerprint density at radius 1 is 1.19 bits per heavy atom. The Bertz CT molecular complexity index is 318. The summed E-state index contributed by atoms with van der Waals surface area (Å²) in [4.78, 5) is 0. The third-order valence-electron chi connectivity index (χ3n) is 2.06. The number of hydrogen-bond acceptors (Lipinski definition) is 3. The number of benzene rings is 1. The van der Waals surface area contributed by atoms with E-state index in [0.29, 0.717) is 30.5 Å².